The van der Waals surface area contributed by atoms with Crippen molar-refractivity contribution >= 4 is 0 Å². The summed E-state index contributed by atoms with van der Waals surface area (Å²) in [7, 11) is 0. The van der Waals surface area contributed by atoms with Crippen molar-refractivity contribution in [1.29, 1.82) is 0 Å². The highest BCUT2D eigenvalue weighted by Crippen LogP contribution is 2.45. The van der Waals surface area contributed by atoms with E-state index in [0.717, 1.165) is 31.1 Å². The number of nitrogens with zero attached hydrogens (tertiary/aromatic N) is 1. The molecule has 1 saturated carbocycles. The molecule has 19 heavy (non-hydrogen) atoms. The van der Waals surface area contributed by atoms with E-state index in [1.807, 2.05) is 0 Å². The molecule has 1 N–H and O–H groups in total. The zero-order valence-corrected chi connectivity index (χ0v) is 10.6. The number of hydrogen-bond donors (Lipinski definition) is 1. The van der Waals surface area contributed by atoms with Crippen LogP contribution in [0.25, 0.3) is 0 Å². The second-order valence-electron chi connectivity index (χ2n) is 5.97. The minimum absolute atomic E-state index is 0.490. The molecule has 0 amide bonds. The molecule has 0 radical (unpaired) electrons. The summed E-state index contributed by atoms with van der Waals surface area (Å²) in [5.74, 6) is 0.598. The SMILES string of the molecule is FC(F)(F)c1ccc(CC2CCC3(CNC3)C2)cn1. The van der Waals surface area contributed by atoms with Crippen LogP contribution >= 0.6 is 0 Å². The van der Waals surface area contributed by atoms with Gasteiger partial charge in [0.1, 0.15) is 5.69 Å². The number of nitrogens with one attached hydrogen (secondary N) is 1. The first kappa shape index (κ1) is 12.9. The Morgan fingerprint density at radius 2 is 2.11 bits per heavy atom. The molecule has 5 heteroatoms. The van der Waals surface area contributed by atoms with Gasteiger partial charge in [-0.25, -0.2) is 0 Å². The average molecular weight is 270 g/mol. The number of pyridine rings is 1. The summed E-state index contributed by atoms with van der Waals surface area (Å²) in [6.07, 6.45) is 1.52. The smallest absolute Gasteiger partial charge is 0.316 e. The van der Waals surface area contributed by atoms with Gasteiger partial charge in [-0.2, -0.15) is 13.2 Å². The lowest BCUT2D eigenvalue weighted by Gasteiger charge is -2.39. The summed E-state index contributed by atoms with van der Waals surface area (Å²) < 4.78 is 37.2. The summed E-state index contributed by atoms with van der Waals surface area (Å²) in [4.78, 5) is 3.53. The van der Waals surface area contributed by atoms with Gasteiger partial charge in [-0.15, -0.1) is 0 Å². The molecular weight excluding hydrogens is 253 g/mol. The molecule has 1 aliphatic carbocycles. The van der Waals surface area contributed by atoms with Crippen LogP contribution in [0.15, 0.2) is 18.3 Å². The van der Waals surface area contributed by atoms with Gasteiger partial charge in [-0.1, -0.05) is 6.07 Å². The summed E-state index contributed by atoms with van der Waals surface area (Å²) in [6.45, 7) is 2.21. The largest absolute Gasteiger partial charge is 0.433 e. The van der Waals surface area contributed by atoms with Gasteiger partial charge in [0.25, 0.3) is 0 Å². The van der Waals surface area contributed by atoms with Crippen molar-refractivity contribution in [1.82, 2.24) is 10.3 Å². The Bertz CT molecular complexity index is 449. The summed E-state index contributed by atoms with van der Waals surface area (Å²) in [5, 5.41) is 3.32. The zero-order valence-electron chi connectivity index (χ0n) is 10.6. The first-order valence-corrected chi connectivity index (χ1v) is 6.70. The predicted molar refractivity (Wildman–Crippen MR) is 65.6 cm³/mol. The number of halogens is 3. The van der Waals surface area contributed by atoms with E-state index < -0.39 is 11.9 Å². The summed E-state index contributed by atoms with van der Waals surface area (Å²) >= 11 is 0. The van der Waals surface area contributed by atoms with Crippen LogP contribution < -0.4 is 5.32 Å². The lowest BCUT2D eigenvalue weighted by Crippen LogP contribution is -2.51. The normalized spacial score (nSPS) is 25.5. The number of rotatable bonds is 2. The van der Waals surface area contributed by atoms with Crippen LogP contribution in [-0.2, 0) is 12.6 Å². The molecule has 1 aromatic rings. The number of alkyl halides is 3. The molecule has 1 atom stereocenters. The van der Waals surface area contributed by atoms with E-state index in [2.05, 4.69) is 10.3 Å². The van der Waals surface area contributed by atoms with Crippen molar-refractivity contribution in [3.8, 4) is 0 Å². The molecule has 1 aromatic heterocycles. The average Bonchev–Trinajstić information content (AvgIpc) is 2.73. The highest BCUT2D eigenvalue weighted by molar-refractivity contribution is 5.17. The fraction of sp³-hybridized carbons (Fsp3) is 0.643. The van der Waals surface area contributed by atoms with Gasteiger partial charge in [0.15, 0.2) is 0 Å². The maximum atomic E-state index is 12.4. The van der Waals surface area contributed by atoms with E-state index in [1.165, 1.54) is 25.5 Å². The Labute approximate surface area is 110 Å². The second-order valence-corrected chi connectivity index (χ2v) is 5.97. The van der Waals surface area contributed by atoms with Crippen LogP contribution in [0.4, 0.5) is 13.2 Å². The Kier molecular flexibility index (Phi) is 3.04. The number of aromatic nitrogens is 1. The molecular formula is C14H17F3N2. The summed E-state index contributed by atoms with van der Waals surface area (Å²) in [5.41, 5.74) is 0.606. The van der Waals surface area contributed by atoms with E-state index in [0.29, 0.717) is 11.3 Å². The Morgan fingerprint density at radius 1 is 1.32 bits per heavy atom. The molecule has 1 aliphatic heterocycles. The van der Waals surface area contributed by atoms with E-state index >= 15 is 0 Å². The molecule has 0 aromatic carbocycles. The van der Waals surface area contributed by atoms with Crippen LogP contribution in [0.2, 0.25) is 0 Å². The van der Waals surface area contributed by atoms with E-state index in [9.17, 15) is 13.2 Å². The molecule has 1 saturated heterocycles. The first-order valence-electron chi connectivity index (χ1n) is 6.70. The predicted octanol–water partition coefficient (Wildman–Crippen LogP) is 3.03. The molecule has 3 rings (SSSR count). The van der Waals surface area contributed by atoms with Crippen LogP contribution in [0, 0.1) is 11.3 Å². The lowest BCUT2D eigenvalue weighted by atomic mass is 9.79. The monoisotopic (exact) mass is 270 g/mol. The van der Waals surface area contributed by atoms with Crippen LogP contribution in [0.1, 0.15) is 30.5 Å². The van der Waals surface area contributed by atoms with Crippen molar-refractivity contribution in [2.75, 3.05) is 13.1 Å². The van der Waals surface area contributed by atoms with Gasteiger partial charge in [-0.3, -0.25) is 4.98 Å². The zero-order chi connectivity index (χ0) is 13.5. The van der Waals surface area contributed by atoms with Gasteiger partial charge in [0.05, 0.1) is 0 Å². The molecule has 2 heterocycles. The van der Waals surface area contributed by atoms with E-state index in [4.69, 9.17) is 0 Å². The van der Waals surface area contributed by atoms with Crippen LogP contribution in [0.5, 0.6) is 0 Å². The molecule has 2 nitrogen and oxygen atoms in total. The third-order valence-electron chi connectivity index (χ3n) is 4.44. The van der Waals surface area contributed by atoms with Gasteiger partial charge < -0.3 is 5.32 Å². The van der Waals surface area contributed by atoms with Gasteiger partial charge >= 0.3 is 6.18 Å². The van der Waals surface area contributed by atoms with Crippen molar-refractivity contribution in [2.24, 2.45) is 11.3 Å². The molecule has 2 aliphatic rings. The van der Waals surface area contributed by atoms with Crippen molar-refractivity contribution in [3.05, 3.63) is 29.6 Å². The Morgan fingerprint density at radius 3 is 2.58 bits per heavy atom. The van der Waals surface area contributed by atoms with Crippen molar-refractivity contribution < 1.29 is 13.2 Å². The van der Waals surface area contributed by atoms with Crippen LogP contribution in [-0.4, -0.2) is 18.1 Å². The maximum absolute atomic E-state index is 12.4. The Balaban J connectivity index is 1.61. The summed E-state index contributed by atoms with van der Waals surface area (Å²) in [6, 6.07) is 2.66. The van der Waals surface area contributed by atoms with E-state index in [1.54, 1.807) is 6.07 Å². The molecule has 104 valence electrons. The molecule has 2 fully saturated rings. The molecule has 1 spiro atoms. The highest BCUT2D eigenvalue weighted by Gasteiger charge is 2.43. The first-order chi connectivity index (χ1) is 8.97. The highest BCUT2D eigenvalue weighted by atomic mass is 19.4. The van der Waals surface area contributed by atoms with Crippen LogP contribution in [0.3, 0.4) is 0 Å². The molecule has 1 unspecified atom stereocenters. The van der Waals surface area contributed by atoms with Crippen molar-refractivity contribution in [3.63, 3.8) is 0 Å². The van der Waals surface area contributed by atoms with Gasteiger partial charge in [0.2, 0.25) is 0 Å². The fourth-order valence-electron chi connectivity index (χ4n) is 3.35. The standard InChI is InChI=1S/C14H17F3N2/c15-14(16,17)12-2-1-11(7-19-12)5-10-3-4-13(6-10)8-18-9-13/h1-2,7,10,18H,3-6,8-9H2. The quantitative estimate of drug-likeness (QED) is 0.893. The maximum Gasteiger partial charge on any atom is 0.433 e. The third-order valence-corrected chi connectivity index (χ3v) is 4.44. The van der Waals surface area contributed by atoms with Gasteiger partial charge in [-0.05, 0) is 48.6 Å². The second kappa shape index (κ2) is 4.47. The molecule has 0 bridgehead atoms. The lowest BCUT2D eigenvalue weighted by molar-refractivity contribution is -0.141. The number of hydrogen-bond acceptors (Lipinski definition) is 2. The fourth-order valence-corrected chi connectivity index (χ4v) is 3.35. The minimum atomic E-state index is -4.34. The minimum Gasteiger partial charge on any atom is -0.316 e. The van der Waals surface area contributed by atoms with Gasteiger partial charge in [0, 0.05) is 19.3 Å². The third kappa shape index (κ3) is 2.61. The van der Waals surface area contributed by atoms with Crippen molar-refractivity contribution in [2.45, 2.75) is 31.9 Å². The topological polar surface area (TPSA) is 24.9 Å². The van der Waals surface area contributed by atoms with E-state index in [-0.39, 0.29) is 0 Å². The Hall–Kier alpha value is -1.10.